The van der Waals surface area contributed by atoms with Crippen molar-refractivity contribution in [2.24, 2.45) is 0 Å². The monoisotopic (exact) mass is 372 g/mol. The Kier molecular flexibility index (Phi) is 5.75. The molecule has 2 aromatic rings. The predicted molar refractivity (Wildman–Crippen MR) is 95.9 cm³/mol. The summed E-state index contributed by atoms with van der Waals surface area (Å²) in [7, 11) is 0. The van der Waals surface area contributed by atoms with Crippen LogP contribution in [0.5, 0.6) is 11.5 Å². The quantitative estimate of drug-likeness (QED) is 0.769. The molecule has 2 heterocycles. The molecule has 1 amide bonds. The standard InChI is InChI=1S/C19H20N2O6/c1-2-21(11-13-5-6-15-16(10-13)26-9-8-25-15)17(22)12-27-19(24)14-4-3-7-20-18(14)23/h3-7,10H,2,8-9,11-12H2,1H3,(H,20,23). The molecule has 1 aliphatic heterocycles. The van der Waals surface area contributed by atoms with Gasteiger partial charge < -0.3 is 24.1 Å². The molecule has 0 fully saturated rings. The molecule has 1 aliphatic rings. The molecule has 8 nitrogen and oxygen atoms in total. The lowest BCUT2D eigenvalue weighted by Crippen LogP contribution is -2.34. The van der Waals surface area contributed by atoms with Gasteiger partial charge in [-0.1, -0.05) is 6.07 Å². The van der Waals surface area contributed by atoms with Gasteiger partial charge >= 0.3 is 5.97 Å². The Balaban J connectivity index is 1.60. The second-order valence-electron chi connectivity index (χ2n) is 5.87. The molecule has 0 atom stereocenters. The van der Waals surface area contributed by atoms with Gasteiger partial charge in [-0.05, 0) is 36.8 Å². The number of aromatic nitrogens is 1. The van der Waals surface area contributed by atoms with Gasteiger partial charge in [0.15, 0.2) is 18.1 Å². The average Bonchev–Trinajstić information content (AvgIpc) is 2.70. The molecule has 0 bridgehead atoms. The number of H-pyrrole nitrogens is 1. The van der Waals surface area contributed by atoms with Crippen LogP contribution in [0.25, 0.3) is 0 Å². The number of nitrogens with one attached hydrogen (secondary N) is 1. The topological polar surface area (TPSA) is 97.9 Å². The minimum Gasteiger partial charge on any atom is -0.486 e. The van der Waals surface area contributed by atoms with E-state index in [0.717, 1.165) is 5.56 Å². The zero-order chi connectivity index (χ0) is 19.2. The molecular formula is C19H20N2O6. The maximum atomic E-state index is 12.4. The van der Waals surface area contributed by atoms with Crippen LogP contribution < -0.4 is 15.0 Å². The van der Waals surface area contributed by atoms with Gasteiger partial charge in [0.25, 0.3) is 11.5 Å². The normalized spacial score (nSPS) is 12.3. The van der Waals surface area contributed by atoms with Gasteiger partial charge in [0, 0.05) is 19.3 Å². The molecule has 8 heteroatoms. The zero-order valence-corrected chi connectivity index (χ0v) is 14.9. The number of amides is 1. The fraction of sp³-hybridized carbons (Fsp3) is 0.316. The smallest absolute Gasteiger partial charge is 0.344 e. The fourth-order valence-corrected chi connectivity index (χ4v) is 2.66. The van der Waals surface area contributed by atoms with Crippen LogP contribution in [0.4, 0.5) is 0 Å². The third-order valence-corrected chi connectivity index (χ3v) is 4.08. The summed E-state index contributed by atoms with van der Waals surface area (Å²) in [5.74, 6) is 0.145. The van der Waals surface area contributed by atoms with E-state index < -0.39 is 18.1 Å². The van der Waals surface area contributed by atoms with Crippen molar-refractivity contribution in [3.8, 4) is 11.5 Å². The summed E-state index contributed by atoms with van der Waals surface area (Å²) in [6, 6.07) is 8.36. The second kappa shape index (κ2) is 8.39. The van der Waals surface area contributed by atoms with Crippen LogP contribution >= 0.6 is 0 Å². The average molecular weight is 372 g/mol. The molecular weight excluding hydrogens is 352 g/mol. The number of aromatic amines is 1. The minimum absolute atomic E-state index is 0.139. The lowest BCUT2D eigenvalue weighted by molar-refractivity contribution is -0.134. The van der Waals surface area contributed by atoms with Crippen molar-refractivity contribution in [1.82, 2.24) is 9.88 Å². The van der Waals surface area contributed by atoms with Gasteiger partial charge in [-0.25, -0.2) is 4.79 Å². The third-order valence-electron chi connectivity index (χ3n) is 4.08. The number of nitrogens with zero attached hydrogens (tertiary/aromatic N) is 1. The number of pyridine rings is 1. The zero-order valence-electron chi connectivity index (χ0n) is 14.9. The molecule has 3 rings (SSSR count). The van der Waals surface area contributed by atoms with E-state index in [-0.39, 0.29) is 11.5 Å². The van der Waals surface area contributed by atoms with Crippen LogP contribution in [0.3, 0.4) is 0 Å². The van der Waals surface area contributed by atoms with Crippen molar-refractivity contribution < 1.29 is 23.8 Å². The lowest BCUT2D eigenvalue weighted by Gasteiger charge is -2.23. The van der Waals surface area contributed by atoms with E-state index in [2.05, 4.69) is 4.98 Å². The molecule has 27 heavy (non-hydrogen) atoms. The van der Waals surface area contributed by atoms with Crippen molar-refractivity contribution in [3.05, 3.63) is 58.0 Å². The second-order valence-corrected chi connectivity index (χ2v) is 5.87. The molecule has 0 radical (unpaired) electrons. The largest absolute Gasteiger partial charge is 0.486 e. The number of ether oxygens (including phenoxy) is 3. The lowest BCUT2D eigenvalue weighted by atomic mass is 10.1. The molecule has 0 aliphatic carbocycles. The SMILES string of the molecule is CCN(Cc1ccc2c(c1)OCCO2)C(=O)COC(=O)c1ccc[nH]c1=O. The summed E-state index contributed by atoms with van der Waals surface area (Å²) in [5, 5.41) is 0. The highest BCUT2D eigenvalue weighted by Gasteiger charge is 2.18. The van der Waals surface area contributed by atoms with Crippen LogP contribution in [0.15, 0.2) is 41.3 Å². The number of fused-ring (bicyclic) bond motifs is 1. The van der Waals surface area contributed by atoms with Gasteiger partial charge in [0.1, 0.15) is 18.8 Å². The number of carbonyl (C=O) groups excluding carboxylic acids is 2. The fourth-order valence-electron chi connectivity index (χ4n) is 2.66. The highest BCUT2D eigenvalue weighted by molar-refractivity contribution is 5.90. The highest BCUT2D eigenvalue weighted by Crippen LogP contribution is 2.31. The third kappa shape index (κ3) is 4.46. The molecule has 0 unspecified atom stereocenters. The Morgan fingerprint density at radius 1 is 1.19 bits per heavy atom. The summed E-state index contributed by atoms with van der Waals surface area (Å²) in [6.45, 7) is 3.18. The first kappa shape index (κ1) is 18.5. The van der Waals surface area contributed by atoms with Crippen LogP contribution in [-0.4, -0.2) is 48.1 Å². The van der Waals surface area contributed by atoms with Crippen molar-refractivity contribution in [1.29, 1.82) is 0 Å². The molecule has 0 spiro atoms. The van der Waals surface area contributed by atoms with E-state index in [1.165, 1.54) is 18.3 Å². The van der Waals surface area contributed by atoms with Crippen molar-refractivity contribution >= 4 is 11.9 Å². The highest BCUT2D eigenvalue weighted by atomic mass is 16.6. The number of esters is 1. The molecule has 142 valence electrons. The van der Waals surface area contributed by atoms with Crippen molar-refractivity contribution in [3.63, 3.8) is 0 Å². The van der Waals surface area contributed by atoms with Crippen LogP contribution in [0.1, 0.15) is 22.8 Å². The maximum absolute atomic E-state index is 12.4. The van der Waals surface area contributed by atoms with Gasteiger partial charge in [0.2, 0.25) is 0 Å². The summed E-state index contributed by atoms with van der Waals surface area (Å²) < 4.78 is 16.0. The number of likely N-dealkylation sites (N-methyl/N-ethyl adjacent to an activating group) is 1. The first-order valence-corrected chi connectivity index (χ1v) is 8.59. The number of benzene rings is 1. The molecule has 1 aromatic heterocycles. The molecule has 1 N–H and O–H groups in total. The number of hydrogen-bond acceptors (Lipinski definition) is 6. The van der Waals surface area contributed by atoms with Crippen molar-refractivity contribution in [2.75, 3.05) is 26.4 Å². The first-order valence-electron chi connectivity index (χ1n) is 8.59. The van der Waals surface area contributed by atoms with E-state index in [0.29, 0.717) is 37.8 Å². The number of hydrogen-bond donors (Lipinski definition) is 1. The van der Waals surface area contributed by atoms with E-state index >= 15 is 0 Å². The van der Waals surface area contributed by atoms with Crippen molar-refractivity contribution in [2.45, 2.75) is 13.5 Å². The summed E-state index contributed by atoms with van der Waals surface area (Å²) in [5.41, 5.74) is 0.180. The van der Waals surface area contributed by atoms with E-state index in [4.69, 9.17) is 14.2 Å². The summed E-state index contributed by atoms with van der Waals surface area (Å²) >= 11 is 0. The Labute approximate surface area is 155 Å². The van der Waals surface area contributed by atoms with Crippen LogP contribution in [0, 0.1) is 0 Å². The van der Waals surface area contributed by atoms with E-state index in [1.807, 2.05) is 25.1 Å². The molecule has 0 saturated heterocycles. The Bertz CT molecular complexity index is 892. The maximum Gasteiger partial charge on any atom is 0.344 e. The summed E-state index contributed by atoms with van der Waals surface area (Å²) in [4.78, 5) is 39.9. The minimum atomic E-state index is -0.833. The van der Waals surface area contributed by atoms with Crippen LogP contribution in [0.2, 0.25) is 0 Å². The first-order chi connectivity index (χ1) is 13.1. The molecule has 1 aromatic carbocycles. The van der Waals surface area contributed by atoms with Crippen LogP contribution in [-0.2, 0) is 16.1 Å². The van der Waals surface area contributed by atoms with Gasteiger partial charge in [-0.3, -0.25) is 9.59 Å². The Morgan fingerprint density at radius 3 is 2.70 bits per heavy atom. The number of carbonyl (C=O) groups is 2. The van der Waals surface area contributed by atoms with E-state index in [1.54, 1.807) is 4.90 Å². The Morgan fingerprint density at radius 2 is 1.96 bits per heavy atom. The van der Waals surface area contributed by atoms with Gasteiger partial charge in [0.05, 0.1) is 0 Å². The van der Waals surface area contributed by atoms with E-state index in [9.17, 15) is 14.4 Å². The van der Waals surface area contributed by atoms with Gasteiger partial charge in [-0.15, -0.1) is 0 Å². The predicted octanol–water partition coefficient (Wildman–Crippen LogP) is 1.35. The number of rotatable bonds is 6. The van der Waals surface area contributed by atoms with Gasteiger partial charge in [-0.2, -0.15) is 0 Å². The molecule has 0 saturated carbocycles. The Hall–Kier alpha value is -3.29. The summed E-state index contributed by atoms with van der Waals surface area (Å²) in [6.07, 6.45) is 1.41.